The predicted octanol–water partition coefficient (Wildman–Crippen LogP) is 2.86. The molecule has 0 saturated heterocycles. The van der Waals surface area contributed by atoms with Gasteiger partial charge >= 0.3 is 0 Å². The van der Waals surface area contributed by atoms with Gasteiger partial charge in [-0.3, -0.25) is 4.79 Å². The van der Waals surface area contributed by atoms with Crippen LogP contribution in [-0.4, -0.2) is 32.8 Å². The molecule has 1 N–H and O–H groups in total. The van der Waals surface area contributed by atoms with Gasteiger partial charge in [0.25, 0.3) is 0 Å². The first-order chi connectivity index (χ1) is 12.1. The fourth-order valence-electron chi connectivity index (χ4n) is 2.89. The summed E-state index contributed by atoms with van der Waals surface area (Å²) in [6, 6.07) is 11.5. The molecule has 0 atom stereocenters. The number of likely N-dealkylation sites (N-methyl/N-ethyl adjacent to an activating group) is 1. The summed E-state index contributed by atoms with van der Waals surface area (Å²) < 4.78 is 28.0. The lowest BCUT2D eigenvalue weighted by Crippen LogP contribution is -2.38. The monoisotopic (exact) mass is 374 g/mol. The number of nitrogens with one attached hydrogen (secondary N) is 1. The van der Waals surface area contributed by atoms with Gasteiger partial charge in [-0.25, -0.2) is 13.1 Å². The van der Waals surface area contributed by atoms with Crippen molar-refractivity contribution in [2.75, 3.05) is 13.6 Å². The number of hydrogen-bond acceptors (Lipinski definition) is 3. The van der Waals surface area contributed by atoms with Gasteiger partial charge in [-0.2, -0.15) is 0 Å². The van der Waals surface area contributed by atoms with Gasteiger partial charge in [0.1, 0.15) is 0 Å². The zero-order valence-corrected chi connectivity index (χ0v) is 16.8. The van der Waals surface area contributed by atoms with E-state index in [4.69, 9.17) is 0 Å². The smallest absolute Gasteiger partial charge is 0.241 e. The Morgan fingerprint density at radius 2 is 1.54 bits per heavy atom. The molecule has 0 bridgehead atoms. The van der Waals surface area contributed by atoms with Crippen LogP contribution in [0.1, 0.15) is 27.8 Å². The molecule has 2 rings (SSSR count). The van der Waals surface area contributed by atoms with E-state index in [1.165, 1.54) is 4.90 Å². The van der Waals surface area contributed by atoms with E-state index < -0.39 is 10.0 Å². The molecule has 0 unspecified atom stereocenters. The normalized spacial score (nSPS) is 11.4. The Balaban J connectivity index is 2.12. The third kappa shape index (κ3) is 4.51. The molecular weight excluding hydrogens is 348 g/mol. The first kappa shape index (κ1) is 20.1. The predicted molar refractivity (Wildman–Crippen MR) is 103 cm³/mol. The number of sulfonamides is 1. The minimum atomic E-state index is -3.77. The standard InChI is InChI=1S/C20H26N2O3S/c1-14-11-15(2)17(4)20(16(14)3)26(24,25)21-12-19(23)22(5)13-18-9-7-6-8-10-18/h6-11,21H,12-13H2,1-5H3. The van der Waals surface area contributed by atoms with Crippen LogP contribution in [0.25, 0.3) is 0 Å². The molecule has 0 aliphatic carbocycles. The number of aryl methyl sites for hydroxylation is 2. The molecule has 26 heavy (non-hydrogen) atoms. The van der Waals surface area contributed by atoms with Crippen molar-refractivity contribution in [2.24, 2.45) is 0 Å². The van der Waals surface area contributed by atoms with Crippen LogP contribution >= 0.6 is 0 Å². The molecule has 140 valence electrons. The lowest BCUT2D eigenvalue weighted by atomic mass is 10.0. The Bertz CT molecular complexity index is 880. The highest BCUT2D eigenvalue weighted by molar-refractivity contribution is 7.89. The Morgan fingerprint density at radius 3 is 2.08 bits per heavy atom. The van der Waals surface area contributed by atoms with Gasteiger partial charge in [0.15, 0.2) is 0 Å². The van der Waals surface area contributed by atoms with E-state index in [9.17, 15) is 13.2 Å². The van der Waals surface area contributed by atoms with E-state index in [0.717, 1.165) is 16.7 Å². The average molecular weight is 375 g/mol. The zero-order chi connectivity index (χ0) is 19.5. The number of hydrogen-bond donors (Lipinski definition) is 1. The molecule has 0 saturated carbocycles. The minimum Gasteiger partial charge on any atom is -0.340 e. The average Bonchev–Trinajstić information content (AvgIpc) is 2.59. The summed E-state index contributed by atoms with van der Waals surface area (Å²) >= 11 is 0. The first-order valence-electron chi connectivity index (χ1n) is 8.48. The Morgan fingerprint density at radius 1 is 1.00 bits per heavy atom. The molecule has 0 fully saturated rings. The molecule has 2 aromatic rings. The summed E-state index contributed by atoms with van der Waals surface area (Å²) in [5.41, 5.74) is 4.26. The fourth-order valence-corrected chi connectivity index (χ4v) is 4.48. The van der Waals surface area contributed by atoms with E-state index in [1.807, 2.05) is 50.2 Å². The lowest BCUT2D eigenvalue weighted by molar-refractivity contribution is -0.129. The van der Waals surface area contributed by atoms with Crippen molar-refractivity contribution in [3.63, 3.8) is 0 Å². The second kappa shape index (κ2) is 8.01. The molecule has 2 aromatic carbocycles. The van der Waals surface area contributed by atoms with Gasteiger partial charge in [-0.05, 0) is 55.5 Å². The van der Waals surface area contributed by atoms with Gasteiger partial charge < -0.3 is 4.90 Å². The molecule has 0 spiro atoms. The Hall–Kier alpha value is -2.18. The van der Waals surface area contributed by atoms with Crippen LogP contribution in [0.15, 0.2) is 41.3 Å². The maximum Gasteiger partial charge on any atom is 0.241 e. The zero-order valence-electron chi connectivity index (χ0n) is 16.0. The highest BCUT2D eigenvalue weighted by Crippen LogP contribution is 2.25. The molecule has 0 aliphatic rings. The minimum absolute atomic E-state index is 0.266. The summed E-state index contributed by atoms with van der Waals surface area (Å²) in [6.45, 7) is 7.53. The molecular formula is C20H26N2O3S. The van der Waals surface area contributed by atoms with Gasteiger partial charge in [-0.1, -0.05) is 36.4 Å². The van der Waals surface area contributed by atoms with Crippen LogP contribution in [0.3, 0.4) is 0 Å². The van der Waals surface area contributed by atoms with Gasteiger partial charge in [0, 0.05) is 13.6 Å². The number of carbonyl (C=O) groups is 1. The van der Waals surface area contributed by atoms with E-state index in [-0.39, 0.29) is 17.3 Å². The van der Waals surface area contributed by atoms with Gasteiger partial charge in [-0.15, -0.1) is 0 Å². The third-order valence-corrected chi connectivity index (χ3v) is 6.34. The van der Waals surface area contributed by atoms with Crippen LogP contribution in [0.2, 0.25) is 0 Å². The fraction of sp³-hybridized carbons (Fsp3) is 0.350. The molecule has 1 amide bonds. The topological polar surface area (TPSA) is 66.5 Å². The summed E-state index contributed by atoms with van der Waals surface area (Å²) in [5, 5.41) is 0. The van der Waals surface area contributed by atoms with E-state index in [0.29, 0.717) is 17.7 Å². The van der Waals surface area contributed by atoms with Crippen molar-refractivity contribution < 1.29 is 13.2 Å². The number of carbonyl (C=O) groups excluding carboxylic acids is 1. The molecule has 0 aliphatic heterocycles. The van der Waals surface area contributed by atoms with Gasteiger partial charge in [0.05, 0.1) is 11.4 Å². The van der Waals surface area contributed by atoms with Crippen molar-refractivity contribution in [2.45, 2.75) is 39.1 Å². The molecule has 6 heteroatoms. The number of nitrogens with zero attached hydrogens (tertiary/aromatic N) is 1. The molecule has 0 heterocycles. The summed E-state index contributed by atoms with van der Waals surface area (Å²) in [4.78, 5) is 14.1. The maximum absolute atomic E-state index is 12.8. The number of benzene rings is 2. The molecule has 0 aromatic heterocycles. The Labute approximate surface area is 156 Å². The third-order valence-electron chi connectivity index (χ3n) is 4.67. The summed E-state index contributed by atoms with van der Waals surface area (Å²) in [6.07, 6.45) is 0. The quantitative estimate of drug-likeness (QED) is 0.845. The first-order valence-corrected chi connectivity index (χ1v) is 9.96. The van der Waals surface area contributed by atoms with Crippen LogP contribution in [0.5, 0.6) is 0 Å². The highest BCUT2D eigenvalue weighted by atomic mass is 32.2. The van der Waals surface area contributed by atoms with Crippen LogP contribution in [0.4, 0.5) is 0 Å². The van der Waals surface area contributed by atoms with E-state index >= 15 is 0 Å². The van der Waals surface area contributed by atoms with Crippen molar-refractivity contribution in [1.29, 1.82) is 0 Å². The van der Waals surface area contributed by atoms with Crippen LogP contribution in [0, 0.1) is 27.7 Å². The van der Waals surface area contributed by atoms with E-state index in [1.54, 1.807) is 20.9 Å². The SMILES string of the molecule is Cc1cc(C)c(C)c(S(=O)(=O)NCC(=O)N(C)Cc2ccccc2)c1C. The summed E-state index contributed by atoms with van der Waals surface area (Å²) in [7, 11) is -2.10. The second-order valence-corrected chi connectivity index (χ2v) is 8.35. The highest BCUT2D eigenvalue weighted by Gasteiger charge is 2.23. The van der Waals surface area contributed by atoms with E-state index in [2.05, 4.69) is 4.72 Å². The second-order valence-electron chi connectivity index (χ2n) is 6.65. The van der Waals surface area contributed by atoms with Crippen molar-refractivity contribution >= 4 is 15.9 Å². The van der Waals surface area contributed by atoms with Crippen LogP contribution in [-0.2, 0) is 21.4 Å². The van der Waals surface area contributed by atoms with Crippen LogP contribution < -0.4 is 4.72 Å². The van der Waals surface area contributed by atoms with Crippen molar-refractivity contribution in [3.05, 3.63) is 64.2 Å². The Kier molecular flexibility index (Phi) is 6.21. The number of amides is 1. The number of rotatable bonds is 6. The summed E-state index contributed by atoms with van der Waals surface area (Å²) in [5.74, 6) is -0.280. The maximum atomic E-state index is 12.8. The van der Waals surface area contributed by atoms with Gasteiger partial charge in [0.2, 0.25) is 15.9 Å². The lowest BCUT2D eigenvalue weighted by Gasteiger charge is -2.19. The molecule has 5 nitrogen and oxygen atoms in total. The van der Waals surface area contributed by atoms with Crippen molar-refractivity contribution in [3.8, 4) is 0 Å². The largest absolute Gasteiger partial charge is 0.340 e. The molecule has 0 radical (unpaired) electrons. The van der Waals surface area contributed by atoms with Crippen molar-refractivity contribution in [1.82, 2.24) is 9.62 Å².